The van der Waals surface area contributed by atoms with Gasteiger partial charge in [0.25, 0.3) is 0 Å². The maximum atomic E-state index is 11.8. The quantitative estimate of drug-likeness (QED) is 0.603. The van der Waals surface area contributed by atoms with Crippen molar-refractivity contribution in [3.63, 3.8) is 0 Å². The lowest BCUT2D eigenvalue weighted by molar-refractivity contribution is -0.147. The van der Waals surface area contributed by atoms with E-state index in [1.165, 1.54) is 0 Å². The lowest BCUT2D eigenvalue weighted by Crippen LogP contribution is -2.46. The number of carboxylic acid groups (broad SMARTS) is 1. The highest BCUT2D eigenvalue weighted by molar-refractivity contribution is 5.85. The number of rotatable bonds is 5. The highest BCUT2D eigenvalue weighted by Crippen LogP contribution is 2.16. The smallest absolute Gasteiger partial charge is 0.323 e. The largest absolute Gasteiger partial charge is 0.480 e. The summed E-state index contributed by atoms with van der Waals surface area (Å²) in [5.41, 5.74) is 4.64. The van der Waals surface area contributed by atoms with Crippen LogP contribution in [-0.4, -0.2) is 41.5 Å². The summed E-state index contributed by atoms with van der Waals surface area (Å²) >= 11 is 0. The summed E-state index contributed by atoms with van der Waals surface area (Å²) in [7, 11) is 0. The molecule has 0 saturated heterocycles. The van der Waals surface area contributed by atoms with Crippen LogP contribution in [0.3, 0.4) is 0 Å². The van der Waals surface area contributed by atoms with E-state index >= 15 is 0 Å². The number of carboxylic acids is 1. The van der Waals surface area contributed by atoms with Gasteiger partial charge in [-0.2, -0.15) is 0 Å². The molecule has 0 atom stereocenters. The molecule has 5 heteroatoms. The van der Waals surface area contributed by atoms with Crippen molar-refractivity contribution in [2.45, 2.75) is 13.8 Å². The van der Waals surface area contributed by atoms with Crippen molar-refractivity contribution < 1.29 is 14.7 Å². The Balaban J connectivity index is 4.71. The molecule has 15 heavy (non-hydrogen) atoms. The molecule has 1 amide bonds. The Morgan fingerprint density at radius 3 is 2.40 bits per heavy atom. The lowest BCUT2D eigenvalue weighted by atomic mass is 9.92. The highest BCUT2D eigenvalue weighted by atomic mass is 16.4. The minimum atomic E-state index is -1.09. The Kier molecular flexibility index (Phi) is 4.82. The normalized spacial score (nSPS) is 10.5. The number of nitrogens with zero attached hydrogens (tertiary/aromatic N) is 1. The topological polar surface area (TPSA) is 83.6 Å². The first-order valence-corrected chi connectivity index (χ1v) is 4.50. The minimum absolute atomic E-state index is 0.0193. The van der Waals surface area contributed by atoms with Crippen molar-refractivity contribution in [3.05, 3.63) is 0 Å². The molecular weight excluding hydrogens is 196 g/mol. The predicted molar refractivity (Wildman–Crippen MR) is 55.9 cm³/mol. The number of terminal acetylenes is 1. The van der Waals surface area contributed by atoms with Crippen LogP contribution in [0.15, 0.2) is 0 Å². The molecule has 84 valence electrons. The van der Waals surface area contributed by atoms with Crippen molar-refractivity contribution in [1.29, 1.82) is 0 Å². The van der Waals surface area contributed by atoms with Gasteiger partial charge >= 0.3 is 5.97 Å². The van der Waals surface area contributed by atoms with Crippen LogP contribution in [0.2, 0.25) is 0 Å². The first-order chi connectivity index (χ1) is 6.85. The van der Waals surface area contributed by atoms with Crippen LogP contribution in [0, 0.1) is 17.8 Å². The Morgan fingerprint density at radius 2 is 2.07 bits per heavy atom. The van der Waals surface area contributed by atoms with Gasteiger partial charge in [0.1, 0.15) is 6.54 Å². The predicted octanol–water partition coefficient (Wildman–Crippen LogP) is -0.482. The van der Waals surface area contributed by atoms with Gasteiger partial charge in [-0.25, -0.2) is 0 Å². The molecule has 0 rings (SSSR count). The van der Waals surface area contributed by atoms with Crippen LogP contribution in [0.1, 0.15) is 13.8 Å². The third-order valence-corrected chi connectivity index (χ3v) is 1.98. The van der Waals surface area contributed by atoms with Crippen molar-refractivity contribution in [2.24, 2.45) is 11.1 Å². The first kappa shape index (κ1) is 13.5. The van der Waals surface area contributed by atoms with Crippen LogP contribution in [0.5, 0.6) is 0 Å². The van der Waals surface area contributed by atoms with Crippen LogP contribution in [0.4, 0.5) is 0 Å². The summed E-state index contributed by atoms with van der Waals surface area (Å²) in [5.74, 6) is 0.818. The third kappa shape index (κ3) is 4.00. The van der Waals surface area contributed by atoms with E-state index in [0.717, 1.165) is 4.90 Å². The van der Waals surface area contributed by atoms with Gasteiger partial charge in [-0.1, -0.05) is 5.92 Å². The van der Waals surface area contributed by atoms with E-state index in [1.54, 1.807) is 13.8 Å². The summed E-state index contributed by atoms with van der Waals surface area (Å²) in [6.07, 6.45) is 5.06. The molecule has 0 aliphatic heterocycles. The average Bonchev–Trinajstić information content (AvgIpc) is 2.15. The van der Waals surface area contributed by atoms with E-state index in [-0.39, 0.29) is 19.0 Å². The SMILES string of the molecule is C#CCN(CC(=O)O)C(=O)C(C)(C)CN. The molecule has 0 aliphatic carbocycles. The monoisotopic (exact) mass is 212 g/mol. The van der Waals surface area contributed by atoms with Crippen LogP contribution in [-0.2, 0) is 9.59 Å². The number of aliphatic carboxylic acids is 1. The molecule has 0 aromatic carbocycles. The molecular formula is C10H16N2O3. The van der Waals surface area contributed by atoms with Crippen molar-refractivity contribution in [3.8, 4) is 12.3 Å². The van der Waals surface area contributed by atoms with Crippen molar-refractivity contribution >= 4 is 11.9 Å². The second kappa shape index (κ2) is 5.37. The fourth-order valence-corrected chi connectivity index (χ4v) is 0.988. The van der Waals surface area contributed by atoms with Gasteiger partial charge in [-0.05, 0) is 13.8 Å². The third-order valence-electron chi connectivity index (χ3n) is 1.98. The zero-order chi connectivity index (χ0) is 12.1. The maximum absolute atomic E-state index is 11.8. The summed E-state index contributed by atoms with van der Waals surface area (Å²) in [6.45, 7) is 3.04. The molecule has 0 radical (unpaired) electrons. The van der Waals surface area contributed by atoms with Gasteiger partial charge in [0.15, 0.2) is 0 Å². The molecule has 0 bridgehead atoms. The Hall–Kier alpha value is -1.54. The summed E-state index contributed by atoms with van der Waals surface area (Å²) in [4.78, 5) is 23.4. The van der Waals surface area contributed by atoms with Gasteiger partial charge < -0.3 is 15.7 Å². The average molecular weight is 212 g/mol. The number of hydrogen-bond donors (Lipinski definition) is 2. The fourth-order valence-electron chi connectivity index (χ4n) is 0.988. The van der Waals surface area contributed by atoms with E-state index in [0.29, 0.717) is 0 Å². The Bertz CT molecular complexity index is 292. The van der Waals surface area contributed by atoms with Crippen molar-refractivity contribution in [1.82, 2.24) is 4.90 Å². The van der Waals surface area contributed by atoms with E-state index in [2.05, 4.69) is 5.92 Å². The number of hydrogen-bond acceptors (Lipinski definition) is 3. The fraction of sp³-hybridized carbons (Fsp3) is 0.600. The second-order valence-corrected chi connectivity index (χ2v) is 3.85. The van der Waals surface area contributed by atoms with Gasteiger partial charge in [-0.3, -0.25) is 9.59 Å². The first-order valence-electron chi connectivity index (χ1n) is 4.50. The van der Waals surface area contributed by atoms with Crippen molar-refractivity contribution in [2.75, 3.05) is 19.6 Å². The van der Waals surface area contributed by atoms with E-state index < -0.39 is 17.9 Å². The summed E-state index contributed by atoms with van der Waals surface area (Å²) < 4.78 is 0. The number of nitrogens with two attached hydrogens (primary N) is 1. The van der Waals surface area contributed by atoms with Crippen LogP contribution in [0.25, 0.3) is 0 Å². The molecule has 3 N–H and O–H groups in total. The minimum Gasteiger partial charge on any atom is -0.480 e. The van der Waals surface area contributed by atoms with Crippen LogP contribution < -0.4 is 5.73 Å². The molecule has 5 nitrogen and oxygen atoms in total. The Labute approximate surface area is 89.2 Å². The molecule has 0 saturated carbocycles. The highest BCUT2D eigenvalue weighted by Gasteiger charge is 2.31. The molecule has 0 heterocycles. The lowest BCUT2D eigenvalue weighted by Gasteiger charge is -2.28. The van der Waals surface area contributed by atoms with E-state index in [4.69, 9.17) is 17.3 Å². The number of carbonyl (C=O) groups excluding carboxylic acids is 1. The summed E-state index contributed by atoms with van der Waals surface area (Å²) in [5, 5.41) is 8.60. The van der Waals surface area contributed by atoms with Gasteiger partial charge in [0, 0.05) is 6.54 Å². The molecule has 0 aliphatic rings. The number of amides is 1. The molecule has 0 unspecified atom stereocenters. The van der Waals surface area contributed by atoms with Crippen LogP contribution >= 0.6 is 0 Å². The van der Waals surface area contributed by atoms with E-state index in [9.17, 15) is 9.59 Å². The standard InChI is InChI=1S/C10H16N2O3/c1-4-5-12(6-8(13)14)9(15)10(2,3)7-11/h1H,5-7,11H2,2-3H3,(H,13,14). The zero-order valence-corrected chi connectivity index (χ0v) is 8.99. The van der Waals surface area contributed by atoms with E-state index in [1.807, 2.05) is 0 Å². The molecule has 0 aromatic heterocycles. The van der Waals surface area contributed by atoms with Gasteiger partial charge in [0.05, 0.1) is 12.0 Å². The molecule has 0 aromatic rings. The second-order valence-electron chi connectivity index (χ2n) is 3.85. The molecule has 0 fully saturated rings. The Morgan fingerprint density at radius 1 is 1.53 bits per heavy atom. The summed E-state index contributed by atoms with van der Waals surface area (Å²) in [6, 6.07) is 0. The van der Waals surface area contributed by atoms with Gasteiger partial charge in [-0.15, -0.1) is 6.42 Å². The number of carbonyl (C=O) groups is 2. The maximum Gasteiger partial charge on any atom is 0.323 e. The molecule has 0 spiro atoms. The zero-order valence-electron chi connectivity index (χ0n) is 8.99. The van der Waals surface area contributed by atoms with Gasteiger partial charge in [0.2, 0.25) is 5.91 Å².